The second-order valence-corrected chi connectivity index (χ2v) is 5.81. The molecule has 1 heterocycles. The van der Waals surface area contributed by atoms with Gasteiger partial charge in [-0.05, 0) is 30.5 Å². The molecule has 1 saturated heterocycles. The van der Waals surface area contributed by atoms with Crippen LogP contribution in [0.4, 0.5) is 5.69 Å². The Balaban J connectivity index is 1.95. The van der Waals surface area contributed by atoms with E-state index in [2.05, 4.69) is 22.3 Å². The summed E-state index contributed by atoms with van der Waals surface area (Å²) in [6.07, 6.45) is 2.59. The number of benzene rings is 1. The molecule has 0 aliphatic carbocycles. The predicted molar refractivity (Wildman–Crippen MR) is 87.3 cm³/mol. The third kappa shape index (κ3) is 4.85. The Kier molecular flexibility index (Phi) is 6.77. The SMILES string of the molecule is COCCNCc1ccc(N2CCCC(OC)C2)c(Cl)c1. The van der Waals surface area contributed by atoms with Gasteiger partial charge >= 0.3 is 0 Å². The number of rotatable bonds is 7. The summed E-state index contributed by atoms with van der Waals surface area (Å²) in [6.45, 7) is 4.34. The van der Waals surface area contributed by atoms with Crippen LogP contribution >= 0.6 is 11.6 Å². The Labute approximate surface area is 132 Å². The summed E-state index contributed by atoms with van der Waals surface area (Å²) < 4.78 is 10.5. The lowest BCUT2D eigenvalue weighted by Crippen LogP contribution is -2.39. The highest BCUT2D eigenvalue weighted by Gasteiger charge is 2.21. The van der Waals surface area contributed by atoms with E-state index in [4.69, 9.17) is 21.1 Å². The standard InChI is InChI=1S/C16H25ClN2O2/c1-20-9-7-18-11-13-5-6-16(15(17)10-13)19-8-3-4-14(12-19)21-2/h5-6,10,14,18H,3-4,7-9,11-12H2,1-2H3. The molecular formula is C16H25ClN2O2. The van der Waals surface area contributed by atoms with Crippen molar-refractivity contribution in [3.63, 3.8) is 0 Å². The van der Waals surface area contributed by atoms with Crippen LogP contribution in [0.1, 0.15) is 18.4 Å². The molecule has 0 radical (unpaired) electrons. The number of halogens is 1. The molecule has 21 heavy (non-hydrogen) atoms. The summed E-state index contributed by atoms with van der Waals surface area (Å²) >= 11 is 6.46. The summed E-state index contributed by atoms with van der Waals surface area (Å²) in [5.41, 5.74) is 2.30. The second kappa shape index (κ2) is 8.59. The number of hydrogen-bond donors (Lipinski definition) is 1. The fourth-order valence-electron chi connectivity index (χ4n) is 2.67. The predicted octanol–water partition coefficient (Wildman–Crippen LogP) is 2.69. The van der Waals surface area contributed by atoms with Crippen LogP contribution in [-0.2, 0) is 16.0 Å². The minimum atomic E-state index is 0.310. The largest absolute Gasteiger partial charge is 0.383 e. The van der Waals surface area contributed by atoms with Crippen LogP contribution < -0.4 is 10.2 Å². The molecule has 0 amide bonds. The fraction of sp³-hybridized carbons (Fsp3) is 0.625. The van der Waals surface area contributed by atoms with E-state index in [1.165, 1.54) is 5.56 Å². The van der Waals surface area contributed by atoms with Gasteiger partial charge in [-0.15, -0.1) is 0 Å². The first kappa shape index (κ1) is 16.6. The molecule has 1 aliphatic heterocycles. The van der Waals surface area contributed by atoms with Crippen LogP contribution in [-0.4, -0.2) is 46.6 Å². The molecule has 1 unspecified atom stereocenters. The summed E-state index contributed by atoms with van der Waals surface area (Å²) in [6, 6.07) is 6.30. The molecular weight excluding hydrogens is 288 g/mol. The van der Waals surface area contributed by atoms with Gasteiger partial charge in [-0.1, -0.05) is 17.7 Å². The van der Waals surface area contributed by atoms with Crippen LogP contribution in [0.3, 0.4) is 0 Å². The molecule has 4 nitrogen and oxygen atoms in total. The van der Waals surface area contributed by atoms with Crippen LogP contribution in [0, 0.1) is 0 Å². The van der Waals surface area contributed by atoms with Gasteiger partial charge < -0.3 is 19.7 Å². The summed E-state index contributed by atoms with van der Waals surface area (Å²) in [5, 5.41) is 4.15. The molecule has 0 bridgehead atoms. The number of nitrogens with zero attached hydrogens (tertiary/aromatic N) is 1. The molecule has 2 rings (SSSR count). The Morgan fingerprint density at radius 2 is 2.24 bits per heavy atom. The monoisotopic (exact) mass is 312 g/mol. The highest BCUT2D eigenvalue weighted by molar-refractivity contribution is 6.33. The zero-order chi connectivity index (χ0) is 15.1. The van der Waals surface area contributed by atoms with Crippen molar-refractivity contribution in [3.05, 3.63) is 28.8 Å². The van der Waals surface area contributed by atoms with E-state index in [0.717, 1.165) is 56.3 Å². The third-order valence-electron chi connectivity index (χ3n) is 3.88. The highest BCUT2D eigenvalue weighted by atomic mass is 35.5. The molecule has 0 aromatic heterocycles. The summed E-state index contributed by atoms with van der Waals surface area (Å²) in [4.78, 5) is 2.32. The van der Waals surface area contributed by atoms with Crippen molar-refractivity contribution in [2.45, 2.75) is 25.5 Å². The molecule has 5 heteroatoms. The van der Waals surface area contributed by atoms with Crippen LogP contribution in [0.5, 0.6) is 0 Å². The first-order chi connectivity index (χ1) is 10.2. The van der Waals surface area contributed by atoms with Gasteiger partial charge in [0.1, 0.15) is 0 Å². The lowest BCUT2D eigenvalue weighted by atomic mass is 10.1. The first-order valence-corrected chi connectivity index (χ1v) is 7.88. The second-order valence-electron chi connectivity index (χ2n) is 5.40. The first-order valence-electron chi connectivity index (χ1n) is 7.50. The molecule has 1 aromatic rings. The van der Waals surface area contributed by atoms with E-state index in [9.17, 15) is 0 Å². The molecule has 0 saturated carbocycles. The van der Waals surface area contributed by atoms with E-state index in [0.29, 0.717) is 6.10 Å². The van der Waals surface area contributed by atoms with Crippen molar-refractivity contribution in [2.75, 3.05) is 45.4 Å². The van der Waals surface area contributed by atoms with E-state index < -0.39 is 0 Å². The van der Waals surface area contributed by atoms with Gasteiger partial charge in [0.15, 0.2) is 0 Å². The smallest absolute Gasteiger partial charge is 0.0746 e. The Morgan fingerprint density at radius 1 is 1.38 bits per heavy atom. The Hall–Kier alpha value is -0.810. The van der Waals surface area contributed by atoms with Crippen LogP contribution in [0.15, 0.2) is 18.2 Å². The van der Waals surface area contributed by atoms with Gasteiger partial charge in [-0.3, -0.25) is 0 Å². The van der Waals surface area contributed by atoms with Crippen molar-refractivity contribution in [2.24, 2.45) is 0 Å². The number of piperidine rings is 1. The zero-order valence-electron chi connectivity index (χ0n) is 12.9. The van der Waals surface area contributed by atoms with Gasteiger partial charge in [-0.2, -0.15) is 0 Å². The van der Waals surface area contributed by atoms with Crippen molar-refractivity contribution in [1.29, 1.82) is 0 Å². The molecule has 118 valence electrons. The number of ether oxygens (including phenoxy) is 2. The minimum absolute atomic E-state index is 0.310. The zero-order valence-corrected chi connectivity index (χ0v) is 13.7. The van der Waals surface area contributed by atoms with Crippen molar-refractivity contribution < 1.29 is 9.47 Å². The molecule has 1 fully saturated rings. The van der Waals surface area contributed by atoms with Gasteiger partial charge in [0, 0.05) is 40.4 Å². The number of methoxy groups -OCH3 is 2. The van der Waals surface area contributed by atoms with Crippen molar-refractivity contribution >= 4 is 17.3 Å². The van der Waals surface area contributed by atoms with E-state index >= 15 is 0 Å². The minimum Gasteiger partial charge on any atom is -0.383 e. The van der Waals surface area contributed by atoms with Gasteiger partial charge in [0.2, 0.25) is 0 Å². The van der Waals surface area contributed by atoms with Crippen LogP contribution in [0.25, 0.3) is 0 Å². The lowest BCUT2D eigenvalue weighted by Gasteiger charge is -2.34. The number of anilines is 1. The Morgan fingerprint density at radius 3 is 2.95 bits per heavy atom. The van der Waals surface area contributed by atoms with Crippen LogP contribution in [0.2, 0.25) is 5.02 Å². The number of hydrogen-bond acceptors (Lipinski definition) is 4. The topological polar surface area (TPSA) is 33.7 Å². The molecule has 1 aromatic carbocycles. The van der Waals surface area contributed by atoms with Gasteiger partial charge in [-0.25, -0.2) is 0 Å². The third-order valence-corrected chi connectivity index (χ3v) is 4.18. The normalized spacial score (nSPS) is 19.0. The van der Waals surface area contributed by atoms with Crippen molar-refractivity contribution in [3.8, 4) is 0 Å². The molecule has 1 N–H and O–H groups in total. The molecule has 1 atom stereocenters. The van der Waals surface area contributed by atoms with E-state index in [1.54, 1.807) is 14.2 Å². The maximum absolute atomic E-state index is 6.46. The highest BCUT2D eigenvalue weighted by Crippen LogP contribution is 2.29. The Bertz CT molecular complexity index is 442. The fourth-order valence-corrected chi connectivity index (χ4v) is 3.00. The molecule has 0 spiro atoms. The quantitative estimate of drug-likeness (QED) is 0.785. The number of nitrogens with one attached hydrogen (secondary N) is 1. The summed E-state index contributed by atoms with van der Waals surface area (Å²) in [7, 11) is 3.49. The van der Waals surface area contributed by atoms with Crippen molar-refractivity contribution in [1.82, 2.24) is 5.32 Å². The average molecular weight is 313 g/mol. The van der Waals surface area contributed by atoms with Gasteiger partial charge in [0.25, 0.3) is 0 Å². The van der Waals surface area contributed by atoms with E-state index in [1.807, 2.05) is 6.07 Å². The van der Waals surface area contributed by atoms with Gasteiger partial charge in [0.05, 0.1) is 23.4 Å². The lowest BCUT2D eigenvalue weighted by molar-refractivity contribution is 0.0893. The summed E-state index contributed by atoms with van der Waals surface area (Å²) in [5.74, 6) is 0. The van der Waals surface area contributed by atoms with E-state index in [-0.39, 0.29) is 0 Å². The maximum atomic E-state index is 6.46. The maximum Gasteiger partial charge on any atom is 0.0746 e. The average Bonchev–Trinajstić information content (AvgIpc) is 2.52. The molecule has 1 aliphatic rings.